The van der Waals surface area contributed by atoms with E-state index in [1.54, 1.807) is 12.1 Å². The molecule has 0 heterocycles. The number of ether oxygens (including phenoxy) is 1. The van der Waals surface area contributed by atoms with E-state index < -0.39 is 11.9 Å². The smallest absolute Gasteiger partial charge is 0.311 e. The minimum atomic E-state index is -1.00. The molecular formula is C13H16O4. The van der Waals surface area contributed by atoms with Crippen molar-refractivity contribution in [2.45, 2.75) is 32.6 Å². The quantitative estimate of drug-likeness (QED) is 0.630. The van der Waals surface area contributed by atoms with Gasteiger partial charge in [0.15, 0.2) is 0 Å². The number of para-hydroxylation sites is 1. The lowest BCUT2D eigenvalue weighted by Crippen LogP contribution is -2.11. The van der Waals surface area contributed by atoms with Gasteiger partial charge in [-0.1, -0.05) is 32.0 Å². The molecule has 0 saturated carbocycles. The molecule has 0 aliphatic rings. The minimum Gasteiger partial charge on any atom is -0.481 e. The number of hydrogen-bond donors (Lipinski definition) is 1. The molecule has 1 aromatic carbocycles. The number of benzene rings is 1. The Morgan fingerprint density at radius 3 is 2.47 bits per heavy atom. The molecule has 1 rings (SSSR count). The fraction of sp³-hybridized carbons (Fsp3) is 0.385. The lowest BCUT2D eigenvalue weighted by Gasteiger charge is -2.12. The number of carbonyl (C=O) groups is 2. The van der Waals surface area contributed by atoms with Crippen LogP contribution >= 0.6 is 0 Å². The monoisotopic (exact) mass is 236 g/mol. The first kappa shape index (κ1) is 13.2. The fourth-order valence-electron chi connectivity index (χ4n) is 1.43. The average Bonchev–Trinajstić information content (AvgIpc) is 2.27. The van der Waals surface area contributed by atoms with Crippen molar-refractivity contribution in [1.82, 2.24) is 0 Å². The predicted octanol–water partition coefficient (Wildman–Crippen LogP) is 2.58. The molecule has 0 atom stereocenters. The molecular weight excluding hydrogens is 220 g/mol. The summed E-state index contributed by atoms with van der Waals surface area (Å²) in [5, 5.41) is 8.46. The molecule has 1 aromatic rings. The molecule has 0 saturated heterocycles. The topological polar surface area (TPSA) is 63.6 Å². The summed E-state index contributed by atoms with van der Waals surface area (Å²) in [5.41, 5.74) is 0.941. The zero-order chi connectivity index (χ0) is 12.8. The van der Waals surface area contributed by atoms with E-state index in [1.165, 1.54) is 0 Å². The van der Waals surface area contributed by atoms with Crippen LogP contribution in [0.2, 0.25) is 0 Å². The lowest BCUT2D eigenvalue weighted by atomic mass is 10.0. The van der Waals surface area contributed by atoms with Crippen molar-refractivity contribution in [3.8, 4) is 5.75 Å². The van der Waals surface area contributed by atoms with Crippen molar-refractivity contribution < 1.29 is 19.4 Å². The van der Waals surface area contributed by atoms with E-state index in [0.717, 1.165) is 5.56 Å². The molecule has 0 aliphatic carbocycles. The molecule has 92 valence electrons. The number of hydrogen-bond acceptors (Lipinski definition) is 3. The summed E-state index contributed by atoms with van der Waals surface area (Å²) in [6, 6.07) is 7.27. The number of carbonyl (C=O) groups excluding carboxylic acids is 1. The van der Waals surface area contributed by atoms with E-state index >= 15 is 0 Å². The Kier molecular flexibility index (Phi) is 4.69. The van der Waals surface area contributed by atoms with Crippen molar-refractivity contribution in [1.29, 1.82) is 0 Å². The number of esters is 1. The van der Waals surface area contributed by atoms with Crippen LogP contribution in [0.3, 0.4) is 0 Å². The van der Waals surface area contributed by atoms with E-state index in [9.17, 15) is 9.59 Å². The Morgan fingerprint density at radius 2 is 1.88 bits per heavy atom. The number of rotatable bonds is 5. The summed E-state index contributed by atoms with van der Waals surface area (Å²) in [6.45, 7) is 4.01. The third kappa shape index (κ3) is 4.26. The van der Waals surface area contributed by atoms with Crippen LogP contribution in [0, 0.1) is 0 Å². The summed E-state index contributed by atoms with van der Waals surface area (Å²) in [6.07, 6.45) is -0.315. The molecule has 0 unspecified atom stereocenters. The third-order valence-corrected chi connectivity index (χ3v) is 2.31. The Morgan fingerprint density at radius 1 is 1.24 bits per heavy atom. The Hall–Kier alpha value is -1.84. The van der Waals surface area contributed by atoms with Gasteiger partial charge in [0.25, 0.3) is 0 Å². The van der Waals surface area contributed by atoms with Crippen LogP contribution in [0.5, 0.6) is 5.75 Å². The number of carboxylic acid groups (broad SMARTS) is 1. The molecule has 0 fully saturated rings. The van der Waals surface area contributed by atoms with E-state index in [1.807, 2.05) is 26.0 Å². The summed E-state index contributed by atoms with van der Waals surface area (Å²) < 4.78 is 5.15. The Labute approximate surface area is 100 Å². The van der Waals surface area contributed by atoms with E-state index in [0.29, 0.717) is 5.75 Å². The molecule has 0 spiro atoms. The largest absolute Gasteiger partial charge is 0.481 e. The van der Waals surface area contributed by atoms with Crippen LogP contribution in [0.4, 0.5) is 0 Å². The molecule has 4 heteroatoms. The van der Waals surface area contributed by atoms with Gasteiger partial charge in [-0.15, -0.1) is 0 Å². The fourth-order valence-corrected chi connectivity index (χ4v) is 1.43. The molecule has 1 N–H and O–H groups in total. The van der Waals surface area contributed by atoms with Gasteiger partial charge in [0.2, 0.25) is 0 Å². The van der Waals surface area contributed by atoms with Crippen molar-refractivity contribution >= 4 is 11.9 Å². The summed E-state index contributed by atoms with van der Waals surface area (Å²) >= 11 is 0. The van der Waals surface area contributed by atoms with Crippen molar-refractivity contribution in [2.75, 3.05) is 0 Å². The first-order valence-corrected chi connectivity index (χ1v) is 5.52. The first-order chi connectivity index (χ1) is 8.00. The maximum Gasteiger partial charge on any atom is 0.311 e. The van der Waals surface area contributed by atoms with Gasteiger partial charge in [-0.3, -0.25) is 9.59 Å². The standard InChI is InChI=1S/C13H16O4/c1-9(2)10-5-3-4-6-11(10)17-13(16)8-7-12(14)15/h3-6,9H,7-8H2,1-2H3,(H,14,15). The maximum absolute atomic E-state index is 11.4. The molecule has 0 radical (unpaired) electrons. The maximum atomic E-state index is 11.4. The molecule has 0 aliphatic heterocycles. The van der Waals surface area contributed by atoms with Crippen molar-refractivity contribution in [2.24, 2.45) is 0 Å². The average molecular weight is 236 g/mol. The highest BCUT2D eigenvalue weighted by atomic mass is 16.5. The summed E-state index contributed by atoms with van der Waals surface area (Å²) in [7, 11) is 0. The van der Waals surface area contributed by atoms with Gasteiger partial charge in [-0.05, 0) is 17.5 Å². The highest BCUT2D eigenvalue weighted by Crippen LogP contribution is 2.26. The summed E-state index contributed by atoms with van der Waals surface area (Å²) in [5.74, 6) is -0.754. The molecule has 0 amide bonds. The van der Waals surface area contributed by atoms with E-state index in [-0.39, 0.29) is 18.8 Å². The number of aliphatic carboxylic acids is 1. The lowest BCUT2D eigenvalue weighted by molar-refractivity contribution is -0.142. The Balaban J connectivity index is 2.68. The van der Waals surface area contributed by atoms with Gasteiger partial charge in [0, 0.05) is 0 Å². The van der Waals surface area contributed by atoms with Crippen LogP contribution in [0.1, 0.15) is 38.2 Å². The minimum absolute atomic E-state index is 0.109. The highest BCUT2D eigenvalue weighted by molar-refractivity contribution is 5.78. The second-order valence-electron chi connectivity index (χ2n) is 4.06. The zero-order valence-electron chi connectivity index (χ0n) is 9.97. The summed E-state index contributed by atoms with van der Waals surface area (Å²) in [4.78, 5) is 21.7. The molecule has 4 nitrogen and oxygen atoms in total. The molecule has 0 aromatic heterocycles. The third-order valence-electron chi connectivity index (χ3n) is 2.31. The van der Waals surface area contributed by atoms with Gasteiger partial charge >= 0.3 is 11.9 Å². The SMILES string of the molecule is CC(C)c1ccccc1OC(=O)CCC(=O)O. The van der Waals surface area contributed by atoms with Crippen molar-refractivity contribution in [3.05, 3.63) is 29.8 Å². The Bertz CT molecular complexity index is 410. The van der Waals surface area contributed by atoms with Crippen molar-refractivity contribution in [3.63, 3.8) is 0 Å². The second-order valence-corrected chi connectivity index (χ2v) is 4.06. The van der Waals surface area contributed by atoms with Gasteiger partial charge in [0.1, 0.15) is 5.75 Å². The van der Waals surface area contributed by atoms with Gasteiger partial charge < -0.3 is 9.84 Å². The number of carboxylic acids is 1. The van der Waals surface area contributed by atoms with E-state index in [4.69, 9.17) is 9.84 Å². The van der Waals surface area contributed by atoms with Gasteiger partial charge in [-0.2, -0.15) is 0 Å². The second kappa shape index (κ2) is 6.03. The van der Waals surface area contributed by atoms with Gasteiger partial charge in [0.05, 0.1) is 12.8 Å². The van der Waals surface area contributed by atoms with Gasteiger partial charge in [-0.25, -0.2) is 0 Å². The normalized spacial score (nSPS) is 10.3. The first-order valence-electron chi connectivity index (χ1n) is 5.52. The van der Waals surface area contributed by atoms with E-state index in [2.05, 4.69) is 0 Å². The van der Waals surface area contributed by atoms with Crippen LogP contribution in [-0.2, 0) is 9.59 Å². The molecule has 17 heavy (non-hydrogen) atoms. The zero-order valence-corrected chi connectivity index (χ0v) is 9.97. The van der Waals surface area contributed by atoms with Crippen LogP contribution in [-0.4, -0.2) is 17.0 Å². The van der Waals surface area contributed by atoms with Crippen LogP contribution in [0.25, 0.3) is 0 Å². The highest BCUT2D eigenvalue weighted by Gasteiger charge is 2.12. The van der Waals surface area contributed by atoms with Crippen LogP contribution in [0.15, 0.2) is 24.3 Å². The predicted molar refractivity (Wildman–Crippen MR) is 63.0 cm³/mol. The molecule has 0 bridgehead atoms. The van der Waals surface area contributed by atoms with Crippen LogP contribution < -0.4 is 4.74 Å².